The molecule has 0 aliphatic carbocycles. The molecule has 1 saturated heterocycles. The predicted molar refractivity (Wildman–Crippen MR) is 94.1 cm³/mol. The number of likely N-dealkylation sites (tertiary alicyclic amines) is 1. The molecule has 2 aromatic heterocycles. The zero-order valence-corrected chi connectivity index (χ0v) is 13.8. The van der Waals surface area contributed by atoms with E-state index in [4.69, 9.17) is 4.42 Å². The summed E-state index contributed by atoms with van der Waals surface area (Å²) in [6.07, 6.45) is 6.87. The number of amides is 1. The maximum Gasteiger partial charge on any atom is 0.253 e. The maximum absolute atomic E-state index is 12.8. The fourth-order valence-electron chi connectivity index (χ4n) is 3.35. The minimum absolute atomic E-state index is 0.0783. The summed E-state index contributed by atoms with van der Waals surface area (Å²) in [6.45, 7) is 1.50. The summed E-state index contributed by atoms with van der Waals surface area (Å²) >= 11 is 0. The van der Waals surface area contributed by atoms with Gasteiger partial charge >= 0.3 is 0 Å². The third-order valence-corrected chi connectivity index (χ3v) is 4.72. The molecular formula is C20H19N3O2. The van der Waals surface area contributed by atoms with Crippen molar-refractivity contribution in [3.05, 3.63) is 72.5 Å². The largest absolute Gasteiger partial charge is 0.464 e. The molecule has 126 valence electrons. The van der Waals surface area contributed by atoms with Gasteiger partial charge in [0.1, 0.15) is 12.1 Å². The van der Waals surface area contributed by atoms with Gasteiger partial charge in [-0.1, -0.05) is 12.1 Å². The van der Waals surface area contributed by atoms with E-state index < -0.39 is 0 Å². The van der Waals surface area contributed by atoms with E-state index in [0.29, 0.717) is 11.5 Å². The Kier molecular flexibility index (Phi) is 4.29. The molecule has 0 atom stereocenters. The minimum Gasteiger partial charge on any atom is -0.464 e. The van der Waals surface area contributed by atoms with Crippen molar-refractivity contribution in [3.63, 3.8) is 0 Å². The first-order chi connectivity index (χ1) is 12.3. The predicted octanol–water partition coefficient (Wildman–Crippen LogP) is 3.76. The average Bonchev–Trinajstić information content (AvgIpc) is 3.23. The van der Waals surface area contributed by atoms with Crippen molar-refractivity contribution in [2.45, 2.75) is 18.8 Å². The third kappa shape index (κ3) is 3.31. The number of furan rings is 1. The monoisotopic (exact) mass is 333 g/mol. The Morgan fingerprint density at radius 1 is 1.12 bits per heavy atom. The van der Waals surface area contributed by atoms with Gasteiger partial charge in [0.15, 0.2) is 0 Å². The van der Waals surface area contributed by atoms with Crippen LogP contribution in [-0.2, 0) is 0 Å². The molecule has 1 amide bonds. The van der Waals surface area contributed by atoms with Crippen molar-refractivity contribution in [1.82, 2.24) is 14.9 Å². The summed E-state index contributed by atoms with van der Waals surface area (Å²) in [5.41, 5.74) is 2.70. The molecule has 1 aromatic carbocycles. The van der Waals surface area contributed by atoms with E-state index >= 15 is 0 Å². The highest BCUT2D eigenvalue weighted by atomic mass is 16.3. The number of hydrogen-bond acceptors (Lipinski definition) is 4. The van der Waals surface area contributed by atoms with Crippen molar-refractivity contribution >= 4 is 5.91 Å². The Balaban J connectivity index is 1.45. The van der Waals surface area contributed by atoms with Gasteiger partial charge in [-0.05, 0) is 43.2 Å². The number of piperidine rings is 1. The molecule has 0 saturated carbocycles. The van der Waals surface area contributed by atoms with Gasteiger partial charge in [0.2, 0.25) is 0 Å². The van der Waals surface area contributed by atoms with E-state index in [9.17, 15) is 4.79 Å². The van der Waals surface area contributed by atoms with Gasteiger partial charge in [-0.25, -0.2) is 9.97 Å². The van der Waals surface area contributed by atoms with Crippen molar-refractivity contribution in [2.75, 3.05) is 13.1 Å². The number of carbonyl (C=O) groups excluding carboxylic acids is 1. The standard InChI is InChI=1S/C20H19N3O2/c24-20(17-4-1-3-16(13-17)19-5-2-12-25-19)23-10-7-15(8-11-23)18-6-9-21-14-22-18/h1-6,9,12-15H,7-8,10-11H2. The first-order valence-electron chi connectivity index (χ1n) is 8.50. The summed E-state index contributed by atoms with van der Waals surface area (Å²) in [6, 6.07) is 13.3. The van der Waals surface area contributed by atoms with Crippen LogP contribution < -0.4 is 0 Å². The molecule has 1 aliphatic heterocycles. The number of nitrogens with zero attached hydrogens (tertiary/aromatic N) is 3. The van der Waals surface area contributed by atoms with Gasteiger partial charge in [0, 0.05) is 42.0 Å². The molecule has 0 radical (unpaired) electrons. The van der Waals surface area contributed by atoms with E-state index in [0.717, 1.165) is 42.9 Å². The van der Waals surface area contributed by atoms with E-state index in [1.54, 1.807) is 18.8 Å². The third-order valence-electron chi connectivity index (χ3n) is 4.72. The second-order valence-electron chi connectivity index (χ2n) is 6.26. The summed E-state index contributed by atoms with van der Waals surface area (Å²) in [4.78, 5) is 23.1. The Morgan fingerprint density at radius 3 is 2.72 bits per heavy atom. The second kappa shape index (κ2) is 6.89. The van der Waals surface area contributed by atoms with E-state index in [2.05, 4.69) is 9.97 Å². The lowest BCUT2D eigenvalue weighted by Gasteiger charge is -2.31. The van der Waals surface area contributed by atoms with Crippen LogP contribution in [0.15, 0.2) is 65.7 Å². The van der Waals surface area contributed by atoms with Crippen molar-refractivity contribution in [2.24, 2.45) is 0 Å². The molecule has 1 fully saturated rings. The van der Waals surface area contributed by atoms with Crippen LogP contribution in [0.4, 0.5) is 0 Å². The highest BCUT2D eigenvalue weighted by Crippen LogP contribution is 2.27. The molecule has 0 unspecified atom stereocenters. The van der Waals surface area contributed by atoms with Crippen LogP contribution in [0.25, 0.3) is 11.3 Å². The zero-order valence-electron chi connectivity index (χ0n) is 13.8. The zero-order chi connectivity index (χ0) is 17.1. The molecule has 1 aliphatic rings. The number of aromatic nitrogens is 2. The quantitative estimate of drug-likeness (QED) is 0.732. The summed E-state index contributed by atoms with van der Waals surface area (Å²) in [5.74, 6) is 1.26. The molecule has 3 heterocycles. The van der Waals surface area contributed by atoms with Crippen molar-refractivity contribution in [3.8, 4) is 11.3 Å². The van der Waals surface area contributed by atoms with Gasteiger partial charge in [0.05, 0.1) is 6.26 Å². The van der Waals surface area contributed by atoms with E-state index in [-0.39, 0.29) is 5.91 Å². The van der Waals surface area contributed by atoms with Crippen LogP contribution in [0.5, 0.6) is 0 Å². The van der Waals surface area contributed by atoms with Crippen LogP contribution >= 0.6 is 0 Å². The SMILES string of the molecule is O=C(c1cccc(-c2ccco2)c1)N1CCC(c2ccncn2)CC1. The maximum atomic E-state index is 12.8. The fraction of sp³-hybridized carbons (Fsp3) is 0.250. The molecule has 3 aromatic rings. The smallest absolute Gasteiger partial charge is 0.253 e. The Hall–Kier alpha value is -2.95. The van der Waals surface area contributed by atoms with Crippen LogP contribution in [0.3, 0.4) is 0 Å². The first kappa shape index (κ1) is 15.6. The van der Waals surface area contributed by atoms with Crippen molar-refractivity contribution < 1.29 is 9.21 Å². The second-order valence-corrected chi connectivity index (χ2v) is 6.26. The Bertz CT molecular complexity index is 838. The minimum atomic E-state index is 0.0783. The molecule has 4 rings (SSSR count). The molecule has 5 heteroatoms. The van der Waals surface area contributed by atoms with Crippen LogP contribution in [0.2, 0.25) is 0 Å². The Morgan fingerprint density at radius 2 is 2.00 bits per heavy atom. The lowest BCUT2D eigenvalue weighted by atomic mass is 9.93. The van der Waals surface area contributed by atoms with E-state index in [1.807, 2.05) is 47.4 Å². The molecule has 0 N–H and O–H groups in total. The summed E-state index contributed by atoms with van der Waals surface area (Å²) in [5, 5.41) is 0. The van der Waals surface area contributed by atoms with Crippen LogP contribution in [0, 0.1) is 0 Å². The van der Waals surface area contributed by atoms with Gasteiger partial charge in [-0.3, -0.25) is 4.79 Å². The van der Waals surface area contributed by atoms with Crippen molar-refractivity contribution in [1.29, 1.82) is 0 Å². The molecule has 25 heavy (non-hydrogen) atoms. The lowest BCUT2D eigenvalue weighted by molar-refractivity contribution is 0.0712. The first-order valence-corrected chi connectivity index (χ1v) is 8.50. The summed E-state index contributed by atoms with van der Waals surface area (Å²) in [7, 11) is 0. The van der Waals surface area contributed by atoms with E-state index in [1.165, 1.54) is 0 Å². The van der Waals surface area contributed by atoms with Gasteiger partial charge in [-0.15, -0.1) is 0 Å². The highest BCUT2D eigenvalue weighted by molar-refractivity contribution is 5.95. The molecule has 0 spiro atoms. The fourth-order valence-corrected chi connectivity index (χ4v) is 3.35. The summed E-state index contributed by atoms with van der Waals surface area (Å²) < 4.78 is 5.43. The average molecular weight is 333 g/mol. The molecular weight excluding hydrogens is 314 g/mol. The van der Waals surface area contributed by atoms with Crippen LogP contribution in [0.1, 0.15) is 34.8 Å². The van der Waals surface area contributed by atoms with Crippen LogP contribution in [-0.4, -0.2) is 33.9 Å². The number of rotatable bonds is 3. The topological polar surface area (TPSA) is 59.2 Å². The molecule has 0 bridgehead atoms. The number of benzene rings is 1. The number of hydrogen-bond donors (Lipinski definition) is 0. The van der Waals surface area contributed by atoms with Gasteiger partial charge in [-0.2, -0.15) is 0 Å². The van der Waals surface area contributed by atoms with Gasteiger partial charge < -0.3 is 9.32 Å². The Labute approximate surface area is 146 Å². The number of carbonyl (C=O) groups is 1. The normalized spacial score (nSPS) is 15.3. The molecule has 5 nitrogen and oxygen atoms in total. The lowest BCUT2D eigenvalue weighted by Crippen LogP contribution is -2.38. The van der Waals surface area contributed by atoms with Gasteiger partial charge in [0.25, 0.3) is 5.91 Å². The highest BCUT2D eigenvalue weighted by Gasteiger charge is 2.25.